The Hall–Kier alpha value is -3.60. The van der Waals surface area contributed by atoms with Crippen molar-refractivity contribution in [1.82, 2.24) is 15.1 Å². The maximum absolute atomic E-state index is 12.2. The number of aliphatic carboxylic acids is 1. The van der Waals surface area contributed by atoms with E-state index in [0.29, 0.717) is 25.8 Å². The van der Waals surface area contributed by atoms with Crippen LogP contribution in [-0.4, -0.2) is 70.7 Å². The van der Waals surface area contributed by atoms with Gasteiger partial charge in [-0.25, -0.2) is 0 Å². The van der Waals surface area contributed by atoms with Crippen molar-refractivity contribution in [3.8, 4) is 0 Å². The minimum atomic E-state index is -0.837. The van der Waals surface area contributed by atoms with Crippen LogP contribution in [-0.2, 0) is 38.8 Å². The van der Waals surface area contributed by atoms with E-state index in [0.717, 1.165) is 67.9 Å². The summed E-state index contributed by atoms with van der Waals surface area (Å²) in [4.78, 5) is 27.8. The van der Waals surface area contributed by atoms with Crippen molar-refractivity contribution in [2.75, 3.05) is 32.7 Å². The highest BCUT2D eigenvalue weighted by Crippen LogP contribution is 2.38. The minimum absolute atomic E-state index is 0.00738. The lowest BCUT2D eigenvalue weighted by molar-refractivity contribution is -0.253. The van der Waals surface area contributed by atoms with Crippen LogP contribution in [0, 0.1) is 0 Å². The van der Waals surface area contributed by atoms with E-state index in [-0.39, 0.29) is 31.1 Å². The van der Waals surface area contributed by atoms with Gasteiger partial charge in [-0.15, -0.1) is 0 Å². The molecule has 0 saturated carbocycles. The number of amides is 1. The number of piperazine rings is 1. The van der Waals surface area contributed by atoms with Gasteiger partial charge in [0, 0.05) is 70.6 Å². The molecular weight excluding hydrogens is 570 g/mol. The van der Waals surface area contributed by atoms with Gasteiger partial charge in [-0.3, -0.25) is 19.4 Å². The number of carbonyl (C=O) groups excluding carboxylic acids is 1. The van der Waals surface area contributed by atoms with Crippen molar-refractivity contribution < 1.29 is 29.3 Å². The number of carboxylic acid groups (broad SMARTS) is 1. The number of nitrogens with zero attached hydrogens (tertiary/aromatic N) is 2. The van der Waals surface area contributed by atoms with E-state index in [9.17, 15) is 14.7 Å². The molecule has 0 radical (unpaired) electrons. The molecule has 3 aromatic carbocycles. The van der Waals surface area contributed by atoms with E-state index in [2.05, 4.69) is 45.4 Å². The molecule has 5 rings (SSSR count). The van der Waals surface area contributed by atoms with Crippen molar-refractivity contribution >= 4 is 11.9 Å². The molecule has 0 aromatic heterocycles. The molecule has 0 aliphatic carbocycles. The summed E-state index contributed by atoms with van der Waals surface area (Å²) in [5.74, 6) is -0.918. The van der Waals surface area contributed by atoms with E-state index < -0.39 is 12.3 Å². The Kier molecular flexibility index (Phi) is 12.1. The quantitative estimate of drug-likeness (QED) is 0.222. The monoisotopic (exact) mass is 615 g/mol. The van der Waals surface area contributed by atoms with Gasteiger partial charge in [0.25, 0.3) is 0 Å². The number of carboxylic acids is 1. The first-order valence-electron chi connectivity index (χ1n) is 16.0. The highest BCUT2D eigenvalue weighted by molar-refractivity contribution is 5.75. The van der Waals surface area contributed by atoms with Crippen LogP contribution in [0.15, 0.2) is 78.9 Å². The Bertz CT molecular complexity index is 1340. The Morgan fingerprint density at radius 3 is 2.09 bits per heavy atom. The van der Waals surface area contributed by atoms with Gasteiger partial charge in [0.05, 0.1) is 18.8 Å². The van der Waals surface area contributed by atoms with Crippen LogP contribution in [0.2, 0.25) is 0 Å². The normalized spacial score (nSPS) is 21.0. The molecular formula is C36H45N3O6. The second-order valence-corrected chi connectivity index (χ2v) is 12.0. The topological polar surface area (TPSA) is 112 Å². The molecule has 2 heterocycles. The Morgan fingerprint density at radius 1 is 0.756 bits per heavy atom. The Balaban J connectivity index is 1.17. The standard InChI is InChI=1S/C36H45N3O6/c40-26-29-12-14-30(15-13-29)33-22-32(25-39-20-18-38(19-21-39)24-28-6-2-1-3-7-28)44-36(45-33)31-16-10-27(11-17-31)23-37-34(41)8-4-5-9-35(42)43/h1-3,6-7,10-17,32-33,36,40H,4-5,8-9,18-26H2,(H,37,41)(H,42,43). The van der Waals surface area contributed by atoms with Gasteiger partial charge in [-0.2, -0.15) is 0 Å². The first-order valence-corrected chi connectivity index (χ1v) is 16.0. The number of rotatable bonds is 14. The minimum Gasteiger partial charge on any atom is -0.481 e. The molecule has 2 aliphatic rings. The van der Waals surface area contributed by atoms with Crippen LogP contribution < -0.4 is 5.32 Å². The third kappa shape index (κ3) is 10.2. The average molecular weight is 616 g/mol. The molecule has 2 saturated heterocycles. The van der Waals surface area contributed by atoms with Crippen molar-refractivity contribution in [3.05, 3.63) is 107 Å². The molecule has 3 unspecified atom stereocenters. The fourth-order valence-electron chi connectivity index (χ4n) is 5.94. The van der Waals surface area contributed by atoms with E-state index in [4.69, 9.17) is 14.6 Å². The second kappa shape index (κ2) is 16.6. The van der Waals surface area contributed by atoms with E-state index >= 15 is 0 Å². The molecule has 3 N–H and O–H groups in total. The van der Waals surface area contributed by atoms with Gasteiger partial charge in [0.1, 0.15) is 0 Å². The van der Waals surface area contributed by atoms with Gasteiger partial charge in [0.15, 0.2) is 6.29 Å². The summed E-state index contributed by atoms with van der Waals surface area (Å²) in [6.45, 7) is 6.25. The summed E-state index contributed by atoms with van der Waals surface area (Å²) < 4.78 is 13.1. The zero-order valence-electron chi connectivity index (χ0n) is 25.9. The SMILES string of the molecule is O=C(O)CCCCC(=O)NCc1ccc(C2OC(CN3CCN(Cc4ccccc4)CC3)CC(c3ccc(CO)cc3)O2)cc1. The third-order valence-electron chi connectivity index (χ3n) is 8.58. The molecule has 9 heteroatoms. The van der Waals surface area contributed by atoms with Crippen molar-refractivity contribution in [2.24, 2.45) is 0 Å². The van der Waals surface area contributed by atoms with E-state index in [1.807, 2.05) is 48.5 Å². The Morgan fingerprint density at radius 2 is 1.40 bits per heavy atom. The number of aliphatic hydroxyl groups excluding tert-OH is 1. The molecule has 1 amide bonds. The summed E-state index contributed by atoms with van der Waals surface area (Å²) in [6, 6.07) is 26.5. The van der Waals surface area contributed by atoms with Crippen molar-refractivity contribution in [2.45, 2.75) is 70.3 Å². The molecule has 3 atom stereocenters. The second-order valence-electron chi connectivity index (χ2n) is 12.0. The molecule has 2 fully saturated rings. The summed E-state index contributed by atoms with van der Waals surface area (Å²) >= 11 is 0. The lowest BCUT2D eigenvalue weighted by atomic mass is 9.99. The summed E-state index contributed by atoms with van der Waals surface area (Å²) in [5.41, 5.74) is 5.18. The van der Waals surface area contributed by atoms with E-state index in [1.165, 1.54) is 5.56 Å². The van der Waals surface area contributed by atoms with E-state index in [1.54, 1.807) is 0 Å². The lowest BCUT2D eigenvalue weighted by Gasteiger charge is -2.40. The molecule has 45 heavy (non-hydrogen) atoms. The number of hydrogen-bond donors (Lipinski definition) is 3. The smallest absolute Gasteiger partial charge is 0.303 e. The van der Waals surface area contributed by atoms with Crippen LogP contribution in [0.4, 0.5) is 0 Å². The summed E-state index contributed by atoms with van der Waals surface area (Å²) in [6.07, 6.45) is 1.53. The molecule has 0 bridgehead atoms. The van der Waals surface area contributed by atoms with Crippen molar-refractivity contribution in [1.29, 1.82) is 0 Å². The van der Waals surface area contributed by atoms with Gasteiger partial charge in [-0.05, 0) is 35.1 Å². The number of ether oxygens (including phenoxy) is 2. The third-order valence-corrected chi connectivity index (χ3v) is 8.58. The van der Waals surface area contributed by atoms with Crippen LogP contribution in [0.3, 0.4) is 0 Å². The van der Waals surface area contributed by atoms with Gasteiger partial charge in [0.2, 0.25) is 5.91 Å². The first kappa shape index (κ1) is 32.8. The van der Waals surface area contributed by atoms with Crippen LogP contribution in [0.5, 0.6) is 0 Å². The fraction of sp³-hybridized carbons (Fsp3) is 0.444. The van der Waals surface area contributed by atoms with Gasteiger partial charge < -0.3 is 25.0 Å². The van der Waals surface area contributed by atoms with Crippen LogP contribution in [0.1, 0.15) is 72.3 Å². The summed E-state index contributed by atoms with van der Waals surface area (Å²) in [7, 11) is 0. The van der Waals surface area contributed by atoms with Crippen LogP contribution in [0.25, 0.3) is 0 Å². The molecule has 2 aliphatic heterocycles. The summed E-state index contributed by atoms with van der Waals surface area (Å²) in [5, 5.41) is 21.2. The van der Waals surface area contributed by atoms with Crippen molar-refractivity contribution in [3.63, 3.8) is 0 Å². The predicted molar refractivity (Wildman–Crippen MR) is 171 cm³/mol. The number of unbranched alkanes of at least 4 members (excludes halogenated alkanes) is 1. The largest absolute Gasteiger partial charge is 0.481 e. The maximum atomic E-state index is 12.2. The highest BCUT2D eigenvalue weighted by atomic mass is 16.7. The zero-order chi connectivity index (χ0) is 31.4. The average Bonchev–Trinajstić information content (AvgIpc) is 3.07. The number of hydrogen-bond acceptors (Lipinski definition) is 7. The van der Waals surface area contributed by atoms with Gasteiger partial charge >= 0.3 is 5.97 Å². The number of aliphatic hydroxyl groups is 1. The molecule has 0 spiro atoms. The zero-order valence-corrected chi connectivity index (χ0v) is 25.9. The first-order chi connectivity index (χ1) is 21.9. The number of nitrogens with one attached hydrogen (secondary N) is 1. The highest BCUT2D eigenvalue weighted by Gasteiger charge is 2.33. The predicted octanol–water partition coefficient (Wildman–Crippen LogP) is 4.80. The van der Waals surface area contributed by atoms with Crippen LogP contribution >= 0.6 is 0 Å². The molecule has 9 nitrogen and oxygen atoms in total. The lowest BCUT2D eigenvalue weighted by Crippen LogP contribution is -2.49. The molecule has 3 aromatic rings. The number of benzene rings is 3. The Labute approximate surface area is 265 Å². The number of carbonyl (C=O) groups is 2. The fourth-order valence-corrected chi connectivity index (χ4v) is 5.94. The molecule has 240 valence electrons. The maximum Gasteiger partial charge on any atom is 0.303 e. The van der Waals surface area contributed by atoms with Gasteiger partial charge in [-0.1, -0.05) is 78.9 Å².